The summed E-state index contributed by atoms with van der Waals surface area (Å²) < 4.78 is 11.5. The summed E-state index contributed by atoms with van der Waals surface area (Å²) in [6.07, 6.45) is 5.67. The molecule has 1 N–H and O–H groups in total. The summed E-state index contributed by atoms with van der Waals surface area (Å²) >= 11 is 0. The van der Waals surface area contributed by atoms with Crippen LogP contribution in [0.4, 0.5) is 5.69 Å². The van der Waals surface area contributed by atoms with Crippen molar-refractivity contribution in [2.75, 3.05) is 31.6 Å². The van der Waals surface area contributed by atoms with E-state index in [1.54, 1.807) is 24.3 Å². The smallest absolute Gasteiger partial charge is 0.260 e. The predicted molar refractivity (Wildman–Crippen MR) is 108 cm³/mol. The number of hydrogen-bond donors (Lipinski definition) is 1. The van der Waals surface area contributed by atoms with Gasteiger partial charge in [-0.2, -0.15) is 0 Å². The number of carbonyl (C=O) groups is 2. The molecule has 0 bridgehead atoms. The van der Waals surface area contributed by atoms with E-state index in [0.29, 0.717) is 24.0 Å². The molecule has 1 aromatic carbocycles. The lowest BCUT2D eigenvalue weighted by Crippen LogP contribution is -2.48. The normalized spacial score (nSPS) is 24.8. The third-order valence-electron chi connectivity index (χ3n) is 5.85. The van der Waals surface area contributed by atoms with Crippen molar-refractivity contribution in [3.05, 3.63) is 24.3 Å². The van der Waals surface area contributed by atoms with E-state index in [-0.39, 0.29) is 18.4 Å². The number of anilines is 1. The van der Waals surface area contributed by atoms with Crippen LogP contribution in [-0.2, 0) is 14.3 Å². The zero-order valence-corrected chi connectivity index (χ0v) is 17.0. The highest BCUT2D eigenvalue weighted by atomic mass is 16.5. The Morgan fingerprint density at radius 2 is 1.79 bits per heavy atom. The van der Waals surface area contributed by atoms with Crippen molar-refractivity contribution in [1.82, 2.24) is 4.90 Å². The topological polar surface area (TPSA) is 67.9 Å². The van der Waals surface area contributed by atoms with Crippen molar-refractivity contribution in [2.24, 2.45) is 5.92 Å². The number of rotatable bonds is 7. The van der Waals surface area contributed by atoms with E-state index in [4.69, 9.17) is 9.47 Å². The van der Waals surface area contributed by atoms with Crippen molar-refractivity contribution >= 4 is 17.5 Å². The van der Waals surface area contributed by atoms with Crippen molar-refractivity contribution in [2.45, 2.75) is 58.0 Å². The zero-order valence-electron chi connectivity index (χ0n) is 17.0. The van der Waals surface area contributed by atoms with Crippen molar-refractivity contribution < 1.29 is 19.1 Å². The van der Waals surface area contributed by atoms with Gasteiger partial charge in [0.25, 0.3) is 11.8 Å². The largest absolute Gasteiger partial charge is 0.484 e. The molecule has 2 aliphatic rings. The molecule has 0 spiro atoms. The Bertz CT molecular complexity index is 660. The Labute approximate surface area is 167 Å². The molecule has 1 aromatic rings. The summed E-state index contributed by atoms with van der Waals surface area (Å²) in [5, 5.41) is 2.99. The molecule has 28 heavy (non-hydrogen) atoms. The van der Waals surface area contributed by atoms with Gasteiger partial charge in [0.15, 0.2) is 6.61 Å². The number of hydrogen-bond acceptors (Lipinski definition) is 4. The first-order chi connectivity index (χ1) is 13.5. The third-order valence-corrected chi connectivity index (χ3v) is 5.85. The fourth-order valence-corrected chi connectivity index (χ4v) is 4.02. The Balaban J connectivity index is 1.54. The van der Waals surface area contributed by atoms with E-state index >= 15 is 0 Å². The maximum atomic E-state index is 12.9. The van der Waals surface area contributed by atoms with Gasteiger partial charge in [0.2, 0.25) is 0 Å². The van der Waals surface area contributed by atoms with Gasteiger partial charge in [-0.3, -0.25) is 9.59 Å². The Morgan fingerprint density at radius 1 is 1.14 bits per heavy atom. The first-order valence-electron chi connectivity index (χ1n) is 10.5. The van der Waals surface area contributed by atoms with E-state index in [2.05, 4.69) is 12.2 Å². The molecule has 1 saturated carbocycles. The molecule has 0 radical (unpaired) electrons. The molecule has 0 unspecified atom stereocenters. The molecule has 3 rings (SSSR count). The molecule has 1 heterocycles. The lowest BCUT2D eigenvalue weighted by atomic mass is 9.78. The van der Waals surface area contributed by atoms with E-state index in [9.17, 15) is 9.59 Å². The molecule has 1 aliphatic carbocycles. The maximum absolute atomic E-state index is 12.9. The summed E-state index contributed by atoms with van der Waals surface area (Å²) in [7, 11) is 0. The highest BCUT2D eigenvalue weighted by Crippen LogP contribution is 2.36. The number of nitrogens with one attached hydrogen (secondary N) is 1. The Hall–Kier alpha value is -2.08. The molecular formula is C22H32N2O4. The van der Waals surface area contributed by atoms with E-state index < -0.39 is 5.60 Å². The van der Waals surface area contributed by atoms with Crippen LogP contribution in [0.5, 0.6) is 5.75 Å². The minimum absolute atomic E-state index is 0.0278. The van der Waals surface area contributed by atoms with Crippen LogP contribution in [0.2, 0.25) is 0 Å². The van der Waals surface area contributed by atoms with Crippen LogP contribution in [0.1, 0.15) is 52.4 Å². The first kappa shape index (κ1) is 20.6. The van der Waals surface area contributed by atoms with Crippen LogP contribution in [0.15, 0.2) is 24.3 Å². The van der Waals surface area contributed by atoms with Crippen molar-refractivity contribution in [3.8, 4) is 5.75 Å². The van der Waals surface area contributed by atoms with Gasteiger partial charge >= 0.3 is 0 Å². The van der Waals surface area contributed by atoms with Gasteiger partial charge < -0.3 is 19.7 Å². The zero-order chi connectivity index (χ0) is 20.0. The Morgan fingerprint density at radius 3 is 2.39 bits per heavy atom. The van der Waals surface area contributed by atoms with Crippen LogP contribution in [0, 0.1) is 5.92 Å². The molecule has 2 fully saturated rings. The molecule has 2 amide bonds. The monoisotopic (exact) mass is 388 g/mol. The van der Waals surface area contributed by atoms with Crippen LogP contribution in [0.25, 0.3) is 0 Å². The summed E-state index contributed by atoms with van der Waals surface area (Å²) in [5.74, 6) is 1.22. The van der Waals surface area contributed by atoms with Crippen LogP contribution in [0.3, 0.4) is 0 Å². The van der Waals surface area contributed by atoms with Crippen LogP contribution < -0.4 is 10.1 Å². The fraction of sp³-hybridized carbons (Fsp3) is 0.636. The van der Waals surface area contributed by atoms with Gasteiger partial charge in [-0.15, -0.1) is 0 Å². The second-order valence-electron chi connectivity index (χ2n) is 7.96. The quantitative estimate of drug-likeness (QED) is 0.775. The van der Waals surface area contributed by atoms with E-state index in [1.165, 1.54) is 0 Å². The molecular weight excluding hydrogens is 356 g/mol. The average molecular weight is 389 g/mol. The number of nitrogens with zero attached hydrogens (tertiary/aromatic N) is 1. The number of carbonyl (C=O) groups excluding carboxylic acids is 2. The molecule has 154 valence electrons. The number of benzene rings is 1. The molecule has 0 aromatic heterocycles. The SMILES string of the molecule is CCOC1(C(=O)Nc2ccc(OCC(=O)N3CCCC3)cc2)CCC(C)CC1. The van der Waals surface area contributed by atoms with Crippen LogP contribution >= 0.6 is 0 Å². The number of ether oxygens (including phenoxy) is 2. The number of likely N-dealkylation sites (tertiary alicyclic amines) is 1. The van der Waals surface area contributed by atoms with Gasteiger partial charge in [-0.1, -0.05) is 6.92 Å². The molecule has 1 saturated heterocycles. The van der Waals surface area contributed by atoms with Gasteiger partial charge in [-0.05, 0) is 75.6 Å². The summed E-state index contributed by atoms with van der Waals surface area (Å²) in [6, 6.07) is 7.17. The molecule has 6 heteroatoms. The lowest BCUT2D eigenvalue weighted by molar-refractivity contribution is -0.146. The predicted octanol–water partition coefficient (Wildman–Crippen LogP) is 3.61. The highest BCUT2D eigenvalue weighted by Gasteiger charge is 2.41. The highest BCUT2D eigenvalue weighted by molar-refractivity contribution is 5.97. The van der Waals surface area contributed by atoms with Crippen LogP contribution in [-0.4, -0.2) is 48.6 Å². The average Bonchev–Trinajstić information content (AvgIpc) is 3.24. The van der Waals surface area contributed by atoms with Gasteiger partial charge in [0, 0.05) is 25.4 Å². The minimum atomic E-state index is -0.724. The summed E-state index contributed by atoms with van der Waals surface area (Å²) in [4.78, 5) is 26.8. The van der Waals surface area contributed by atoms with Crippen molar-refractivity contribution in [3.63, 3.8) is 0 Å². The molecule has 1 aliphatic heterocycles. The fourth-order valence-electron chi connectivity index (χ4n) is 4.02. The second-order valence-corrected chi connectivity index (χ2v) is 7.96. The second kappa shape index (κ2) is 9.41. The van der Waals surface area contributed by atoms with E-state index in [1.807, 2.05) is 11.8 Å². The van der Waals surface area contributed by atoms with Crippen molar-refractivity contribution in [1.29, 1.82) is 0 Å². The third kappa shape index (κ3) is 5.04. The maximum Gasteiger partial charge on any atom is 0.260 e. The van der Waals surface area contributed by atoms with Gasteiger partial charge in [0.1, 0.15) is 11.4 Å². The van der Waals surface area contributed by atoms with E-state index in [0.717, 1.165) is 51.6 Å². The number of amides is 2. The first-order valence-corrected chi connectivity index (χ1v) is 10.5. The standard InChI is InChI=1S/C22H32N2O4/c1-3-28-22(12-10-17(2)11-13-22)21(26)23-18-6-8-19(9-7-18)27-16-20(25)24-14-4-5-15-24/h6-9,17H,3-5,10-16H2,1-2H3,(H,23,26). The summed E-state index contributed by atoms with van der Waals surface area (Å²) in [6.45, 7) is 6.39. The van der Waals surface area contributed by atoms with Gasteiger partial charge in [0.05, 0.1) is 0 Å². The Kier molecular flexibility index (Phi) is 6.94. The molecule has 0 atom stereocenters. The minimum Gasteiger partial charge on any atom is -0.484 e. The summed E-state index contributed by atoms with van der Waals surface area (Å²) in [5.41, 5.74) is -0.0144. The molecule has 6 nitrogen and oxygen atoms in total. The lowest BCUT2D eigenvalue weighted by Gasteiger charge is -2.37. The van der Waals surface area contributed by atoms with Gasteiger partial charge in [-0.25, -0.2) is 0 Å².